The summed E-state index contributed by atoms with van der Waals surface area (Å²) < 4.78 is 68.0. The molecule has 0 atom stereocenters. The molecule has 4 rings (SSSR count). The van der Waals surface area contributed by atoms with E-state index >= 15 is 0 Å². The first-order valence-electron chi connectivity index (χ1n) is 9.20. The number of hydrogen-bond acceptors (Lipinski definition) is 5. The molecular formula is C21H18ClF3N4O2S. The number of hydrogen-bond donors (Lipinski definition) is 1. The van der Waals surface area contributed by atoms with Crippen LogP contribution < -0.4 is 5.32 Å². The van der Waals surface area contributed by atoms with E-state index in [2.05, 4.69) is 15.3 Å². The fraction of sp³-hybridized carbons (Fsp3) is 0.143. The van der Waals surface area contributed by atoms with Crippen LogP contribution in [0.15, 0.2) is 72.1 Å². The maximum atomic E-state index is 13.5. The first-order valence-corrected chi connectivity index (χ1v) is 10.6. The molecule has 0 spiro atoms. The van der Waals surface area contributed by atoms with Gasteiger partial charge < -0.3 is 5.32 Å². The summed E-state index contributed by atoms with van der Waals surface area (Å²) in [7, 11) is -2.29. The molecule has 0 fully saturated rings. The molecule has 0 aliphatic heterocycles. The molecule has 168 valence electrons. The van der Waals surface area contributed by atoms with Gasteiger partial charge in [-0.25, -0.2) is 12.4 Å². The van der Waals surface area contributed by atoms with Crippen LogP contribution in [0.2, 0.25) is 0 Å². The largest absolute Gasteiger partial charge is 0.433 e. The highest BCUT2D eigenvalue weighted by molar-refractivity contribution is 7.90. The SMILES string of the molecule is CNCc1cn(S(=O)(=O)c2cccnc2)c2cc(-c3cccnc3C(F)(F)F)ccc12.Cl. The first-order chi connectivity index (χ1) is 14.7. The molecule has 3 heterocycles. The molecule has 3 aromatic heterocycles. The average Bonchev–Trinajstić information content (AvgIpc) is 3.13. The predicted octanol–water partition coefficient (Wildman–Crippen LogP) is 4.50. The summed E-state index contributed by atoms with van der Waals surface area (Å²) >= 11 is 0. The van der Waals surface area contributed by atoms with Crippen molar-refractivity contribution in [3.05, 3.63) is 78.5 Å². The second-order valence-corrected chi connectivity index (χ2v) is 8.62. The molecule has 0 unspecified atom stereocenters. The lowest BCUT2D eigenvalue weighted by Crippen LogP contribution is -2.12. The van der Waals surface area contributed by atoms with Crippen LogP contribution in [0.5, 0.6) is 0 Å². The van der Waals surface area contributed by atoms with Gasteiger partial charge in [0.25, 0.3) is 10.0 Å². The maximum absolute atomic E-state index is 13.5. The van der Waals surface area contributed by atoms with E-state index in [9.17, 15) is 21.6 Å². The summed E-state index contributed by atoms with van der Waals surface area (Å²) in [5.41, 5.74) is 0.0172. The van der Waals surface area contributed by atoms with Gasteiger partial charge in [0.1, 0.15) is 4.90 Å². The van der Waals surface area contributed by atoms with Crippen molar-refractivity contribution >= 4 is 33.3 Å². The van der Waals surface area contributed by atoms with Gasteiger partial charge in [-0.2, -0.15) is 13.2 Å². The van der Waals surface area contributed by atoms with Crippen molar-refractivity contribution in [2.75, 3.05) is 7.05 Å². The highest BCUT2D eigenvalue weighted by Gasteiger charge is 2.35. The minimum Gasteiger partial charge on any atom is -0.316 e. The minimum atomic E-state index is -4.65. The van der Waals surface area contributed by atoms with Crippen molar-refractivity contribution < 1.29 is 21.6 Å². The summed E-state index contributed by atoms with van der Waals surface area (Å²) in [6, 6.07) is 10.2. The third kappa shape index (κ3) is 4.21. The zero-order chi connectivity index (χ0) is 22.2. The monoisotopic (exact) mass is 482 g/mol. The van der Waals surface area contributed by atoms with Crippen molar-refractivity contribution in [2.45, 2.75) is 17.6 Å². The van der Waals surface area contributed by atoms with E-state index in [4.69, 9.17) is 0 Å². The van der Waals surface area contributed by atoms with E-state index in [1.165, 1.54) is 55.0 Å². The van der Waals surface area contributed by atoms with E-state index in [-0.39, 0.29) is 33.9 Å². The molecule has 0 amide bonds. The Morgan fingerprint density at radius 2 is 1.84 bits per heavy atom. The van der Waals surface area contributed by atoms with Gasteiger partial charge in [-0.05, 0) is 42.4 Å². The van der Waals surface area contributed by atoms with Crippen molar-refractivity contribution in [2.24, 2.45) is 0 Å². The zero-order valence-electron chi connectivity index (χ0n) is 16.7. The number of alkyl halides is 3. The summed E-state index contributed by atoms with van der Waals surface area (Å²) in [6.07, 6.45) is 0.587. The van der Waals surface area contributed by atoms with Crippen molar-refractivity contribution in [1.29, 1.82) is 0 Å². The Labute approximate surface area is 188 Å². The molecule has 6 nitrogen and oxygen atoms in total. The molecular weight excluding hydrogens is 465 g/mol. The van der Waals surface area contributed by atoms with Crippen molar-refractivity contribution in [1.82, 2.24) is 19.3 Å². The van der Waals surface area contributed by atoms with Crippen molar-refractivity contribution in [3.63, 3.8) is 0 Å². The number of halogens is 4. The Morgan fingerprint density at radius 1 is 1.09 bits per heavy atom. The van der Waals surface area contributed by atoms with Crippen LogP contribution in [0.25, 0.3) is 22.0 Å². The fourth-order valence-electron chi connectivity index (χ4n) is 3.44. The Kier molecular flexibility index (Phi) is 6.59. The van der Waals surface area contributed by atoms with E-state index in [0.29, 0.717) is 17.5 Å². The number of aromatic nitrogens is 3. The van der Waals surface area contributed by atoms with Gasteiger partial charge in [0.2, 0.25) is 0 Å². The van der Waals surface area contributed by atoms with Gasteiger partial charge in [0.15, 0.2) is 5.69 Å². The number of rotatable bonds is 5. The zero-order valence-corrected chi connectivity index (χ0v) is 18.3. The van der Waals surface area contributed by atoms with E-state index in [1.807, 2.05) is 0 Å². The van der Waals surface area contributed by atoms with Crippen LogP contribution >= 0.6 is 12.4 Å². The van der Waals surface area contributed by atoms with Gasteiger partial charge in [0, 0.05) is 42.3 Å². The van der Waals surface area contributed by atoms with Crippen LogP contribution in [0.4, 0.5) is 13.2 Å². The Bertz CT molecular complexity index is 1360. The summed E-state index contributed by atoms with van der Waals surface area (Å²) in [5, 5.41) is 3.59. The highest BCUT2D eigenvalue weighted by atomic mass is 35.5. The molecule has 0 radical (unpaired) electrons. The van der Waals surface area contributed by atoms with Gasteiger partial charge in [0.05, 0.1) is 5.52 Å². The van der Waals surface area contributed by atoms with Gasteiger partial charge in [-0.1, -0.05) is 18.2 Å². The molecule has 0 aliphatic rings. The topological polar surface area (TPSA) is 76.9 Å². The Morgan fingerprint density at radius 3 is 2.50 bits per heavy atom. The van der Waals surface area contributed by atoms with Gasteiger partial charge >= 0.3 is 6.18 Å². The van der Waals surface area contributed by atoms with Crippen LogP contribution in [0.3, 0.4) is 0 Å². The standard InChI is InChI=1S/C21H17F3N4O2S.ClH/c1-25-11-15-13-28(31(29,30)16-4-2-8-26-12-16)19-10-14(6-7-17(15)19)18-5-3-9-27-20(18)21(22,23)24;/h2-10,12-13,25H,11H2,1H3;1H. The highest BCUT2D eigenvalue weighted by Crippen LogP contribution is 2.37. The second kappa shape index (κ2) is 8.89. The van der Waals surface area contributed by atoms with Crippen molar-refractivity contribution in [3.8, 4) is 11.1 Å². The third-order valence-corrected chi connectivity index (χ3v) is 6.46. The van der Waals surface area contributed by atoms with Gasteiger partial charge in [-0.3, -0.25) is 9.97 Å². The number of fused-ring (bicyclic) bond motifs is 1. The van der Waals surface area contributed by atoms with E-state index in [0.717, 1.165) is 10.2 Å². The molecule has 0 saturated carbocycles. The molecule has 0 aliphatic carbocycles. The van der Waals surface area contributed by atoms with Crippen LogP contribution in [0, 0.1) is 0 Å². The average molecular weight is 483 g/mol. The fourth-order valence-corrected chi connectivity index (χ4v) is 4.79. The lowest BCUT2D eigenvalue weighted by molar-refractivity contribution is -0.140. The molecule has 1 aromatic carbocycles. The number of pyridine rings is 2. The summed E-state index contributed by atoms with van der Waals surface area (Å²) in [4.78, 5) is 7.33. The number of benzene rings is 1. The Balaban J connectivity index is 0.00000289. The molecule has 1 N–H and O–H groups in total. The Hall–Kier alpha value is -2.95. The molecule has 0 saturated heterocycles. The minimum absolute atomic E-state index is 0. The van der Waals surface area contributed by atoms with E-state index < -0.39 is 21.9 Å². The number of nitrogens with zero attached hydrogens (tertiary/aromatic N) is 3. The van der Waals surface area contributed by atoms with E-state index in [1.54, 1.807) is 13.1 Å². The summed E-state index contributed by atoms with van der Waals surface area (Å²) in [6.45, 7) is 0.381. The second-order valence-electron chi connectivity index (χ2n) is 6.80. The van der Waals surface area contributed by atoms with Crippen LogP contribution in [0.1, 0.15) is 11.3 Å². The smallest absolute Gasteiger partial charge is 0.316 e. The van der Waals surface area contributed by atoms with Gasteiger partial charge in [-0.15, -0.1) is 12.4 Å². The molecule has 0 bridgehead atoms. The third-order valence-electron chi connectivity index (χ3n) is 4.80. The summed E-state index contributed by atoms with van der Waals surface area (Å²) in [5.74, 6) is 0. The maximum Gasteiger partial charge on any atom is 0.433 e. The lowest BCUT2D eigenvalue weighted by atomic mass is 10.0. The number of nitrogens with one attached hydrogen (secondary N) is 1. The predicted molar refractivity (Wildman–Crippen MR) is 117 cm³/mol. The van der Waals surface area contributed by atoms with Crippen LogP contribution in [-0.4, -0.2) is 29.4 Å². The van der Waals surface area contributed by atoms with Crippen LogP contribution in [-0.2, 0) is 22.7 Å². The quantitative estimate of drug-likeness (QED) is 0.453. The molecule has 32 heavy (non-hydrogen) atoms. The normalized spacial score (nSPS) is 12.0. The molecule has 11 heteroatoms. The first kappa shape index (κ1) is 23.7. The lowest BCUT2D eigenvalue weighted by Gasteiger charge is -2.12. The molecule has 4 aromatic rings.